The number of esters is 1. The van der Waals surface area contributed by atoms with E-state index >= 15 is 0 Å². The molecule has 9 heteroatoms. The molecular weight excluding hydrogens is 466 g/mol. The first-order valence-electron chi connectivity index (χ1n) is 13.6. The van der Waals surface area contributed by atoms with Crippen LogP contribution >= 0.6 is 0 Å². The van der Waals surface area contributed by atoms with E-state index in [1.165, 1.54) is 6.92 Å². The van der Waals surface area contributed by atoms with E-state index in [4.69, 9.17) is 23.7 Å². The molecule has 1 spiro atoms. The van der Waals surface area contributed by atoms with E-state index in [9.17, 15) is 15.0 Å². The molecule has 0 aromatic heterocycles. The lowest BCUT2D eigenvalue weighted by atomic mass is 9.42. The average molecular weight is 510 g/mol. The molecule has 9 nitrogen and oxygen atoms in total. The van der Waals surface area contributed by atoms with Crippen LogP contribution in [0.4, 0.5) is 0 Å². The normalized spacial score (nSPS) is 56.6. The Morgan fingerprint density at radius 3 is 2.44 bits per heavy atom. The first-order chi connectivity index (χ1) is 17.2. The standard InChI is InChI=1S/C27H43NO8/c1-7-28-12-24(13-32-3)9-8-18(36-14(2)29)26-16-10-15-17(33-4)11-25(30,19(16)20(15)34-5)27(31,23(26)28)22(35-6)21(24)26/h15-23,30-31H,7-13H2,1-6H3/t15-,16-,17+,18?,19-,20+,21-,22+,23+,24+,25-,26+,27+/m1/s1. The molecule has 6 rings (SSSR count). The Hall–Kier alpha value is -0.810. The number of aliphatic hydroxyl groups is 2. The van der Waals surface area contributed by atoms with Crippen LogP contribution in [0.3, 0.4) is 0 Å². The largest absolute Gasteiger partial charge is 0.462 e. The van der Waals surface area contributed by atoms with Gasteiger partial charge in [-0.1, -0.05) is 6.92 Å². The van der Waals surface area contributed by atoms with E-state index in [1.807, 2.05) is 0 Å². The number of hydrogen-bond acceptors (Lipinski definition) is 9. The highest BCUT2D eigenvalue weighted by Gasteiger charge is 2.91. The number of piperidine rings is 1. The molecule has 6 fully saturated rings. The summed E-state index contributed by atoms with van der Waals surface area (Å²) < 4.78 is 30.5. The molecular formula is C27H43NO8. The molecule has 13 atom stereocenters. The summed E-state index contributed by atoms with van der Waals surface area (Å²) in [6, 6.07) is -0.419. The van der Waals surface area contributed by atoms with Gasteiger partial charge in [-0.3, -0.25) is 9.69 Å². The minimum Gasteiger partial charge on any atom is -0.462 e. The summed E-state index contributed by atoms with van der Waals surface area (Å²) in [5.74, 6) is -0.679. The van der Waals surface area contributed by atoms with Gasteiger partial charge in [0.25, 0.3) is 0 Å². The van der Waals surface area contributed by atoms with Crippen molar-refractivity contribution in [2.75, 3.05) is 48.1 Å². The highest BCUT2D eigenvalue weighted by molar-refractivity contribution is 5.66. The monoisotopic (exact) mass is 509 g/mol. The van der Waals surface area contributed by atoms with Crippen molar-refractivity contribution in [3.63, 3.8) is 0 Å². The third-order valence-electron chi connectivity index (χ3n) is 11.8. The molecule has 5 saturated carbocycles. The second-order valence-electron chi connectivity index (χ2n) is 12.5. The fraction of sp³-hybridized carbons (Fsp3) is 0.963. The third kappa shape index (κ3) is 2.55. The van der Waals surface area contributed by atoms with Gasteiger partial charge in [-0.2, -0.15) is 0 Å². The van der Waals surface area contributed by atoms with Crippen molar-refractivity contribution < 1.29 is 38.7 Å². The van der Waals surface area contributed by atoms with Crippen molar-refractivity contribution in [2.45, 2.75) is 81.2 Å². The fourth-order valence-electron chi connectivity index (χ4n) is 11.3. The van der Waals surface area contributed by atoms with Gasteiger partial charge in [0.2, 0.25) is 0 Å². The maximum atomic E-state index is 13.1. The van der Waals surface area contributed by atoms with E-state index in [1.54, 1.807) is 28.4 Å². The van der Waals surface area contributed by atoms with Crippen LogP contribution in [0, 0.1) is 34.5 Å². The van der Waals surface area contributed by atoms with Gasteiger partial charge in [-0.05, 0) is 31.7 Å². The molecule has 5 aliphatic carbocycles. The molecule has 36 heavy (non-hydrogen) atoms. The SMILES string of the molecule is CCN1C[C@]2(COC)CCC(OC(C)=O)[C@@]34[C@@H]5C[C@H]6[C@H](OC)[C@@H]5[C@](O)(C[C@@H]6OC)[C@](O)([C@@H](OC)[C@H]23)[C@@H]14. The molecule has 0 radical (unpaired) electrons. The average Bonchev–Trinajstić information content (AvgIpc) is 3.26. The van der Waals surface area contributed by atoms with E-state index in [0.717, 1.165) is 19.4 Å². The van der Waals surface area contributed by atoms with E-state index in [2.05, 4.69) is 11.8 Å². The minimum absolute atomic E-state index is 0.0248. The zero-order valence-electron chi connectivity index (χ0n) is 22.4. The second-order valence-corrected chi connectivity index (χ2v) is 12.5. The van der Waals surface area contributed by atoms with Gasteiger partial charge in [0.1, 0.15) is 17.3 Å². The Bertz CT molecular complexity index is 918. The number of hydrogen-bond donors (Lipinski definition) is 2. The van der Waals surface area contributed by atoms with E-state index in [0.29, 0.717) is 26.0 Å². The van der Waals surface area contributed by atoms with Crippen LogP contribution < -0.4 is 0 Å². The lowest BCUT2D eigenvalue weighted by Crippen LogP contribution is -2.82. The summed E-state index contributed by atoms with van der Waals surface area (Å²) >= 11 is 0. The van der Waals surface area contributed by atoms with Crippen molar-refractivity contribution in [3.8, 4) is 0 Å². The maximum absolute atomic E-state index is 13.1. The smallest absolute Gasteiger partial charge is 0.302 e. The number of fused-ring (bicyclic) bond motifs is 2. The quantitative estimate of drug-likeness (QED) is 0.483. The summed E-state index contributed by atoms with van der Waals surface area (Å²) in [7, 11) is 6.76. The molecule has 1 aliphatic heterocycles. The molecule has 6 aliphatic rings. The number of carbonyl (C=O) groups excluding carboxylic acids is 1. The lowest BCUT2D eigenvalue weighted by molar-refractivity contribution is -0.319. The maximum Gasteiger partial charge on any atom is 0.302 e. The van der Waals surface area contributed by atoms with Crippen LogP contribution in [-0.2, 0) is 28.5 Å². The van der Waals surface area contributed by atoms with Crippen molar-refractivity contribution in [2.24, 2.45) is 34.5 Å². The third-order valence-corrected chi connectivity index (χ3v) is 11.8. The molecule has 204 valence electrons. The summed E-state index contributed by atoms with van der Waals surface area (Å²) in [6.07, 6.45) is 1.10. The Kier molecular flexibility index (Phi) is 5.73. The van der Waals surface area contributed by atoms with Gasteiger partial charge in [0.15, 0.2) is 0 Å². The van der Waals surface area contributed by atoms with Gasteiger partial charge in [0.05, 0.1) is 31.0 Å². The van der Waals surface area contributed by atoms with Crippen molar-refractivity contribution in [1.82, 2.24) is 4.90 Å². The van der Waals surface area contributed by atoms with Crippen LogP contribution in [0.5, 0.6) is 0 Å². The molecule has 0 aromatic carbocycles. The van der Waals surface area contributed by atoms with Gasteiger partial charge in [-0.25, -0.2) is 0 Å². The lowest BCUT2D eigenvalue weighted by Gasteiger charge is -2.70. The number of ether oxygens (including phenoxy) is 5. The number of nitrogens with zero attached hydrogens (tertiary/aromatic N) is 1. The van der Waals surface area contributed by atoms with Crippen LogP contribution in [0.25, 0.3) is 0 Å². The summed E-state index contributed by atoms with van der Waals surface area (Å²) in [5.41, 5.74) is -3.96. The first kappa shape index (κ1) is 25.5. The Morgan fingerprint density at radius 1 is 1.11 bits per heavy atom. The minimum atomic E-state index is -1.59. The zero-order valence-corrected chi connectivity index (χ0v) is 22.4. The topological polar surface area (TPSA) is 107 Å². The molecule has 1 unspecified atom stereocenters. The van der Waals surface area contributed by atoms with E-state index < -0.39 is 28.8 Å². The van der Waals surface area contributed by atoms with Crippen LogP contribution in [-0.4, -0.2) is 111 Å². The number of rotatable bonds is 7. The number of likely N-dealkylation sites (N-methyl/N-ethyl adjacent to an activating group) is 1. The van der Waals surface area contributed by atoms with Gasteiger partial charge < -0.3 is 33.9 Å². The predicted octanol–water partition coefficient (Wildman–Crippen LogP) is 0.842. The molecule has 7 bridgehead atoms. The van der Waals surface area contributed by atoms with Crippen LogP contribution in [0.2, 0.25) is 0 Å². The van der Waals surface area contributed by atoms with Crippen LogP contribution in [0.15, 0.2) is 0 Å². The summed E-state index contributed by atoms with van der Waals surface area (Å²) in [4.78, 5) is 14.9. The van der Waals surface area contributed by atoms with Crippen molar-refractivity contribution >= 4 is 5.97 Å². The molecule has 2 N–H and O–H groups in total. The first-order valence-corrected chi connectivity index (χ1v) is 13.6. The molecule has 0 aromatic rings. The van der Waals surface area contributed by atoms with Crippen molar-refractivity contribution in [1.29, 1.82) is 0 Å². The number of methoxy groups -OCH3 is 4. The second kappa shape index (κ2) is 8.10. The van der Waals surface area contributed by atoms with Crippen LogP contribution in [0.1, 0.15) is 39.5 Å². The zero-order chi connectivity index (χ0) is 25.8. The van der Waals surface area contributed by atoms with Gasteiger partial charge >= 0.3 is 5.97 Å². The molecule has 0 amide bonds. The van der Waals surface area contributed by atoms with Gasteiger partial charge in [-0.15, -0.1) is 0 Å². The summed E-state index contributed by atoms with van der Waals surface area (Å²) in [5, 5.41) is 26.0. The fourth-order valence-corrected chi connectivity index (χ4v) is 11.3. The van der Waals surface area contributed by atoms with Crippen molar-refractivity contribution in [3.05, 3.63) is 0 Å². The Labute approximate surface area is 213 Å². The highest BCUT2D eigenvalue weighted by atomic mass is 16.5. The number of carbonyl (C=O) groups is 1. The highest BCUT2D eigenvalue weighted by Crippen LogP contribution is 2.80. The molecule has 1 saturated heterocycles. The summed E-state index contributed by atoms with van der Waals surface area (Å²) in [6.45, 7) is 5.56. The van der Waals surface area contributed by atoms with Gasteiger partial charge in [0, 0.05) is 76.9 Å². The Morgan fingerprint density at radius 2 is 1.86 bits per heavy atom. The predicted molar refractivity (Wildman–Crippen MR) is 128 cm³/mol. The molecule has 1 heterocycles. The number of likely N-dealkylation sites (tertiary alicyclic amines) is 1. The van der Waals surface area contributed by atoms with E-state index in [-0.39, 0.29) is 53.4 Å². The Balaban J connectivity index is 1.67.